The van der Waals surface area contributed by atoms with Crippen molar-refractivity contribution in [3.8, 4) is 5.75 Å². The van der Waals surface area contributed by atoms with Gasteiger partial charge in [-0.2, -0.15) is 0 Å². The van der Waals surface area contributed by atoms with E-state index >= 15 is 0 Å². The molecule has 2 aliphatic rings. The van der Waals surface area contributed by atoms with Gasteiger partial charge in [0.1, 0.15) is 5.75 Å². The van der Waals surface area contributed by atoms with Crippen molar-refractivity contribution in [3.05, 3.63) is 29.8 Å². The maximum absolute atomic E-state index is 12.2. The fourth-order valence-electron chi connectivity index (χ4n) is 3.06. The first-order chi connectivity index (χ1) is 11.7. The number of hydrogen-bond acceptors (Lipinski definition) is 4. The summed E-state index contributed by atoms with van der Waals surface area (Å²) >= 11 is 0. The van der Waals surface area contributed by atoms with Gasteiger partial charge in [-0.15, -0.1) is 13.2 Å². The number of piperidine rings is 1. The van der Waals surface area contributed by atoms with Crippen molar-refractivity contribution in [1.29, 1.82) is 0 Å². The van der Waals surface area contributed by atoms with E-state index in [4.69, 9.17) is 0 Å². The highest BCUT2D eigenvalue weighted by Gasteiger charge is 2.37. The Hall–Kier alpha value is -1.32. The molecule has 1 saturated heterocycles. The van der Waals surface area contributed by atoms with Gasteiger partial charge in [-0.25, -0.2) is 13.1 Å². The number of likely N-dealkylation sites (tertiary alicyclic amines) is 1. The SMILES string of the molecule is O=S(=O)(NC1CCCN(Cc2ccc(OC(F)(F)F)cc2)C1)C1CC1. The minimum Gasteiger partial charge on any atom is -0.406 e. The Morgan fingerprint density at radius 2 is 1.84 bits per heavy atom. The van der Waals surface area contributed by atoms with Gasteiger partial charge in [-0.05, 0) is 49.9 Å². The Balaban J connectivity index is 1.53. The van der Waals surface area contributed by atoms with Crippen LogP contribution in [0.5, 0.6) is 5.75 Å². The van der Waals surface area contributed by atoms with Crippen molar-refractivity contribution in [2.75, 3.05) is 13.1 Å². The largest absolute Gasteiger partial charge is 0.573 e. The van der Waals surface area contributed by atoms with E-state index in [0.29, 0.717) is 13.1 Å². The summed E-state index contributed by atoms with van der Waals surface area (Å²) in [5, 5.41) is -0.232. The van der Waals surface area contributed by atoms with E-state index in [1.165, 1.54) is 12.1 Å². The standard InChI is InChI=1S/C16H21F3N2O3S/c17-16(18,19)24-14-5-3-12(4-6-14)10-21-9-1-2-13(11-21)20-25(22,23)15-7-8-15/h3-6,13,15,20H,1-2,7-11H2. The van der Waals surface area contributed by atoms with Gasteiger partial charge < -0.3 is 4.74 Å². The maximum atomic E-state index is 12.2. The lowest BCUT2D eigenvalue weighted by molar-refractivity contribution is -0.274. The molecule has 1 aliphatic carbocycles. The first-order valence-electron chi connectivity index (χ1n) is 8.29. The molecule has 1 unspecified atom stereocenters. The maximum Gasteiger partial charge on any atom is 0.573 e. The van der Waals surface area contributed by atoms with Crippen LogP contribution in [0.1, 0.15) is 31.2 Å². The fraction of sp³-hybridized carbons (Fsp3) is 0.625. The Labute approximate surface area is 145 Å². The molecule has 0 amide bonds. The Morgan fingerprint density at radius 1 is 1.16 bits per heavy atom. The average molecular weight is 378 g/mol. The van der Waals surface area contributed by atoms with Crippen LogP contribution < -0.4 is 9.46 Å². The lowest BCUT2D eigenvalue weighted by Crippen LogP contribution is -2.48. The Morgan fingerprint density at radius 3 is 2.44 bits per heavy atom. The van der Waals surface area contributed by atoms with Crippen LogP contribution in [-0.2, 0) is 16.6 Å². The van der Waals surface area contributed by atoms with Gasteiger partial charge >= 0.3 is 6.36 Å². The van der Waals surface area contributed by atoms with E-state index < -0.39 is 16.4 Å². The number of hydrogen-bond donors (Lipinski definition) is 1. The molecule has 1 aromatic carbocycles. The Kier molecular flexibility index (Phi) is 5.26. The number of ether oxygens (including phenoxy) is 1. The van der Waals surface area contributed by atoms with Crippen LogP contribution >= 0.6 is 0 Å². The smallest absolute Gasteiger partial charge is 0.406 e. The molecule has 1 atom stereocenters. The topological polar surface area (TPSA) is 58.6 Å². The normalized spacial score (nSPS) is 22.8. The molecule has 0 radical (unpaired) electrons. The van der Waals surface area contributed by atoms with E-state index in [1.807, 2.05) is 0 Å². The first kappa shape index (κ1) is 18.5. The summed E-state index contributed by atoms with van der Waals surface area (Å²) in [6.07, 6.45) is -1.54. The quantitative estimate of drug-likeness (QED) is 0.827. The van der Waals surface area contributed by atoms with Crippen molar-refractivity contribution < 1.29 is 26.3 Å². The van der Waals surface area contributed by atoms with Gasteiger partial charge in [0.2, 0.25) is 10.0 Å². The molecular formula is C16H21F3N2O3S. The molecule has 1 heterocycles. The summed E-state index contributed by atoms with van der Waals surface area (Å²) < 4.78 is 67.2. The number of nitrogens with one attached hydrogen (secondary N) is 1. The zero-order chi connectivity index (χ0) is 18.1. The number of nitrogens with zero attached hydrogens (tertiary/aromatic N) is 1. The average Bonchev–Trinajstić information content (AvgIpc) is 3.33. The van der Waals surface area contributed by atoms with Gasteiger partial charge in [0.15, 0.2) is 0 Å². The highest BCUT2D eigenvalue weighted by atomic mass is 32.2. The summed E-state index contributed by atoms with van der Waals surface area (Å²) in [4.78, 5) is 2.11. The van der Waals surface area contributed by atoms with E-state index in [1.54, 1.807) is 12.1 Å². The van der Waals surface area contributed by atoms with Gasteiger partial charge in [0, 0.05) is 19.1 Å². The number of alkyl halides is 3. The summed E-state index contributed by atoms with van der Waals surface area (Å²) in [6.45, 7) is 2.00. The van der Waals surface area contributed by atoms with Crippen LogP contribution in [0.2, 0.25) is 0 Å². The molecule has 0 spiro atoms. The molecule has 140 valence electrons. The molecule has 0 aromatic heterocycles. The van der Waals surface area contributed by atoms with Crippen LogP contribution in [-0.4, -0.2) is 44.1 Å². The van der Waals surface area contributed by atoms with Crippen LogP contribution in [0.4, 0.5) is 13.2 Å². The predicted molar refractivity (Wildman–Crippen MR) is 86.5 cm³/mol. The van der Waals surface area contributed by atoms with Crippen LogP contribution in [0.3, 0.4) is 0 Å². The molecule has 9 heteroatoms. The summed E-state index contributed by atoms with van der Waals surface area (Å²) in [5.74, 6) is -0.245. The Bertz CT molecular complexity index is 688. The van der Waals surface area contributed by atoms with Gasteiger partial charge in [0.25, 0.3) is 0 Å². The number of sulfonamides is 1. The third-order valence-electron chi connectivity index (χ3n) is 4.36. The number of rotatable bonds is 6. The molecule has 0 bridgehead atoms. The van der Waals surface area contributed by atoms with Crippen molar-refractivity contribution in [2.45, 2.75) is 49.9 Å². The van der Waals surface area contributed by atoms with Gasteiger partial charge in [-0.1, -0.05) is 12.1 Å². The molecular weight excluding hydrogens is 357 g/mol. The molecule has 5 nitrogen and oxygen atoms in total. The highest BCUT2D eigenvalue weighted by Crippen LogP contribution is 2.28. The summed E-state index contributed by atoms with van der Waals surface area (Å²) in [5.41, 5.74) is 0.861. The molecule has 1 aliphatic heterocycles. The van der Waals surface area contributed by atoms with E-state index in [9.17, 15) is 21.6 Å². The second-order valence-electron chi connectivity index (χ2n) is 6.63. The number of halogens is 3. The van der Waals surface area contributed by atoms with Crippen molar-refractivity contribution in [2.24, 2.45) is 0 Å². The first-order valence-corrected chi connectivity index (χ1v) is 9.84. The van der Waals surface area contributed by atoms with Crippen molar-refractivity contribution >= 4 is 10.0 Å². The molecule has 1 N–H and O–H groups in total. The van der Waals surface area contributed by atoms with Gasteiger partial charge in [-0.3, -0.25) is 4.90 Å². The minimum absolute atomic E-state index is 0.104. The molecule has 2 fully saturated rings. The zero-order valence-electron chi connectivity index (χ0n) is 13.6. The third kappa shape index (κ3) is 5.58. The van der Waals surface area contributed by atoms with Gasteiger partial charge in [0.05, 0.1) is 5.25 Å². The highest BCUT2D eigenvalue weighted by molar-refractivity contribution is 7.90. The second kappa shape index (κ2) is 7.13. The van der Waals surface area contributed by atoms with E-state index in [0.717, 1.165) is 37.8 Å². The van der Waals surface area contributed by atoms with Crippen molar-refractivity contribution in [1.82, 2.24) is 9.62 Å². The van der Waals surface area contributed by atoms with Crippen molar-refractivity contribution in [3.63, 3.8) is 0 Å². The lowest BCUT2D eigenvalue weighted by atomic mass is 10.1. The van der Waals surface area contributed by atoms with E-state index in [-0.39, 0.29) is 17.0 Å². The molecule has 1 saturated carbocycles. The zero-order valence-corrected chi connectivity index (χ0v) is 14.4. The summed E-state index contributed by atoms with van der Waals surface area (Å²) in [6, 6.07) is 5.67. The minimum atomic E-state index is -4.69. The third-order valence-corrected chi connectivity index (χ3v) is 6.37. The van der Waals surface area contributed by atoms with E-state index in [2.05, 4.69) is 14.4 Å². The molecule has 1 aromatic rings. The monoisotopic (exact) mass is 378 g/mol. The van der Waals surface area contributed by atoms with Crippen LogP contribution in [0, 0.1) is 0 Å². The van der Waals surface area contributed by atoms with Crippen LogP contribution in [0.15, 0.2) is 24.3 Å². The lowest BCUT2D eigenvalue weighted by Gasteiger charge is -2.33. The van der Waals surface area contributed by atoms with Crippen LogP contribution in [0.25, 0.3) is 0 Å². The fourth-order valence-corrected chi connectivity index (χ4v) is 4.66. The number of benzene rings is 1. The molecule has 3 rings (SSSR count). The summed E-state index contributed by atoms with van der Waals surface area (Å²) in [7, 11) is -3.21. The molecule has 25 heavy (non-hydrogen) atoms. The second-order valence-corrected chi connectivity index (χ2v) is 8.62. The predicted octanol–water partition coefficient (Wildman–Crippen LogP) is 2.63.